The molecule has 1 unspecified atom stereocenters. The molecular weight excluding hydrogens is 236 g/mol. The van der Waals surface area contributed by atoms with E-state index in [0.29, 0.717) is 11.9 Å². The molecule has 0 aromatic carbocycles. The Labute approximate surface area is 116 Å². The second-order valence-electron chi connectivity index (χ2n) is 6.43. The Balaban J connectivity index is 1.41. The number of piperidine rings is 1. The molecule has 1 atom stereocenters. The lowest BCUT2D eigenvalue weighted by molar-refractivity contribution is -0.136. The second kappa shape index (κ2) is 6.08. The first-order valence-corrected chi connectivity index (χ1v) is 8.00. The SMILES string of the molecule is O=C(C1CC=CCC1)N1CCC(NCC2CC2)CC1. The van der Waals surface area contributed by atoms with Crippen LogP contribution in [0.4, 0.5) is 0 Å². The largest absolute Gasteiger partial charge is 0.342 e. The number of carbonyl (C=O) groups excluding carboxylic acids is 1. The zero-order valence-electron chi connectivity index (χ0n) is 11.8. The van der Waals surface area contributed by atoms with E-state index < -0.39 is 0 Å². The maximum atomic E-state index is 12.4. The highest BCUT2D eigenvalue weighted by molar-refractivity contribution is 5.79. The topological polar surface area (TPSA) is 32.3 Å². The maximum Gasteiger partial charge on any atom is 0.226 e. The van der Waals surface area contributed by atoms with Crippen LogP contribution in [0.3, 0.4) is 0 Å². The van der Waals surface area contributed by atoms with Crippen LogP contribution in [0.15, 0.2) is 12.2 Å². The number of likely N-dealkylation sites (tertiary alicyclic amines) is 1. The van der Waals surface area contributed by atoms with Crippen molar-refractivity contribution in [1.82, 2.24) is 10.2 Å². The lowest BCUT2D eigenvalue weighted by atomic mass is 9.92. The van der Waals surface area contributed by atoms with E-state index in [1.807, 2.05) is 0 Å². The summed E-state index contributed by atoms with van der Waals surface area (Å²) in [6.45, 7) is 3.12. The fourth-order valence-corrected chi connectivity index (χ4v) is 3.24. The number of nitrogens with zero attached hydrogens (tertiary/aromatic N) is 1. The molecule has 1 amide bonds. The maximum absolute atomic E-state index is 12.4. The molecule has 3 rings (SSSR count). The van der Waals surface area contributed by atoms with E-state index in [4.69, 9.17) is 0 Å². The number of allylic oxidation sites excluding steroid dienone is 2. The minimum Gasteiger partial charge on any atom is -0.342 e. The van der Waals surface area contributed by atoms with Crippen molar-refractivity contribution >= 4 is 5.91 Å². The molecule has 1 N–H and O–H groups in total. The molecule has 3 heteroatoms. The van der Waals surface area contributed by atoms with Gasteiger partial charge in [0, 0.05) is 25.0 Å². The van der Waals surface area contributed by atoms with Gasteiger partial charge in [0.15, 0.2) is 0 Å². The number of carbonyl (C=O) groups is 1. The third-order valence-corrected chi connectivity index (χ3v) is 4.82. The van der Waals surface area contributed by atoms with E-state index in [9.17, 15) is 4.79 Å². The van der Waals surface area contributed by atoms with Gasteiger partial charge in [-0.2, -0.15) is 0 Å². The molecule has 3 nitrogen and oxygen atoms in total. The number of rotatable bonds is 4. The van der Waals surface area contributed by atoms with E-state index >= 15 is 0 Å². The lowest BCUT2D eigenvalue weighted by Gasteiger charge is -2.35. The van der Waals surface area contributed by atoms with Gasteiger partial charge < -0.3 is 10.2 Å². The van der Waals surface area contributed by atoms with E-state index in [0.717, 1.165) is 51.1 Å². The van der Waals surface area contributed by atoms with Gasteiger partial charge in [-0.3, -0.25) is 4.79 Å². The van der Waals surface area contributed by atoms with Crippen LogP contribution in [-0.4, -0.2) is 36.5 Å². The van der Waals surface area contributed by atoms with Crippen LogP contribution in [0.5, 0.6) is 0 Å². The summed E-state index contributed by atoms with van der Waals surface area (Å²) in [5.74, 6) is 1.62. The third-order valence-electron chi connectivity index (χ3n) is 4.82. The average molecular weight is 262 g/mol. The van der Waals surface area contributed by atoms with Gasteiger partial charge in [0.05, 0.1) is 0 Å². The fraction of sp³-hybridized carbons (Fsp3) is 0.812. The molecule has 0 radical (unpaired) electrons. The molecule has 1 saturated heterocycles. The van der Waals surface area contributed by atoms with Crippen molar-refractivity contribution in [2.45, 2.75) is 51.0 Å². The highest BCUT2D eigenvalue weighted by Gasteiger charge is 2.29. The standard InChI is InChI=1S/C16H26N2O/c19-16(14-4-2-1-3-5-14)18-10-8-15(9-11-18)17-12-13-6-7-13/h1-2,13-15,17H,3-12H2. The van der Waals surface area contributed by atoms with Crippen LogP contribution < -0.4 is 5.32 Å². The Morgan fingerprint density at radius 2 is 1.89 bits per heavy atom. The summed E-state index contributed by atoms with van der Waals surface area (Å²) in [7, 11) is 0. The van der Waals surface area contributed by atoms with Crippen LogP contribution in [0, 0.1) is 11.8 Å². The van der Waals surface area contributed by atoms with Gasteiger partial charge in [-0.15, -0.1) is 0 Å². The van der Waals surface area contributed by atoms with Crippen molar-refractivity contribution in [3.05, 3.63) is 12.2 Å². The summed E-state index contributed by atoms with van der Waals surface area (Å²) in [6.07, 6.45) is 12.6. The number of nitrogens with one attached hydrogen (secondary N) is 1. The highest BCUT2D eigenvalue weighted by atomic mass is 16.2. The molecule has 0 spiro atoms. The summed E-state index contributed by atoms with van der Waals surface area (Å²) < 4.78 is 0. The number of hydrogen-bond donors (Lipinski definition) is 1. The predicted molar refractivity (Wildman–Crippen MR) is 76.8 cm³/mol. The van der Waals surface area contributed by atoms with Gasteiger partial charge in [0.1, 0.15) is 0 Å². The van der Waals surface area contributed by atoms with Gasteiger partial charge in [-0.25, -0.2) is 0 Å². The second-order valence-corrected chi connectivity index (χ2v) is 6.43. The van der Waals surface area contributed by atoms with Crippen molar-refractivity contribution in [2.24, 2.45) is 11.8 Å². The van der Waals surface area contributed by atoms with Crippen LogP contribution in [0.1, 0.15) is 44.9 Å². The summed E-state index contributed by atoms with van der Waals surface area (Å²) in [5.41, 5.74) is 0. The van der Waals surface area contributed by atoms with Crippen molar-refractivity contribution in [3.8, 4) is 0 Å². The lowest BCUT2D eigenvalue weighted by Crippen LogP contribution is -2.47. The Hall–Kier alpha value is -0.830. The Morgan fingerprint density at radius 3 is 2.53 bits per heavy atom. The Bertz CT molecular complexity index is 341. The normalized spacial score (nSPS) is 28.6. The highest BCUT2D eigenvalue weighted by Crippen LogP contribution is 2.28. The monoisotopic (exact) mass is 262 g/mol. The number of hydrogen-bond acceptors (Lipinski definition) is 2. The van der Waals surface area contributed by atoms with E-state index in [1.54, 1.807) is 0 Å². The molecule has 2 aliphatic carbocycles. The summed E-state index contributed by atoms with van der Waals surface area (Å²) in [5, 5.41) is 3.67. The molecule has 3 aliphatic rings. The van der Waals surface area contributed by atoms with Crippen LogP contribution in [0.25, 0.3) is 0 Å². The molecular formula is C16H26N2O. The quantitative estimate of drug-likeness (QED) is 0.789. The first kappa shape index (κ1) is 13.2. The minimum absolute atomic E-state index is 0.265. The van der Waals surface area contributed by atoms with Crippen LogP contribution >= 0.6 is 0 Å². The molecule has 0 aromatic rings. The first-order valence-electron chi connectivity index (χ1n) is 8.00. The van der Waals surface area contributed by atoms with E-state index in [-0.39, 0.29) is 5.92 Å². The molecule has 1 aliphatic heterocycles. The van der Waals surface area contributed by atoms with Crippen LogP contribution in [-0.2, 0) is 4.79 Å². The van der Waals surface area contributed by atoms with Crippen LogP contribution in [0.2, 0.25) is 0 Å². The first-order chi connectivity index (χ1) is 9.33. The molecule has 0 aromatic heterocycles. The van der Waals surface area contributed by atoms with Gasteiger partial charge in [0.25, 0.3) is 0 Å². The van der Waals surface area contributed by atoms with Gasteiger partial charge in [-0.1, -0.05) is 12.2 Å². The molecule has 0 bridgehead atoms. The minimum atomic E-state index is 0.265. The fourth-order valence-electron chi connectivity index (χ4n) is 3.24. The molecule has 1 heterocycles. The zero-order valence-corrected chi connectivity index (χ0v) is 11.8. The third kappa shape index (κ3) is 3.59. The van der Waals surface area contributed by atoms with E-state index in [2.05, 4.69) is 22.4 Å². The average Bonchev–Trinajstić information content (AvgIpc) is 3.30. The summed E-state index contributed by atoms with van der Waals surface area (Å²) in [4.78, 5) is 14.5. The van der Waals surface area contributed by atoms with Crippen molar-refractivity contribution < 1.29 is 4.79 Å². The van der Waals surface area contributed by atoms with Gasteiger partial charge in [-0.05, 0) is 57.4 Å². The van der Waals surface area contributed by atoms with E-state index in [1.165, 1.54) is 19.4 Å². The predicted octanol–water partition coefficient (Wildman–Crippen LogP) is 2.33. The molecule has 2 fully saturated rings. The molecule has 19 heavy (non-hydrogen) atoms. The summed E-state index contributed by atoms with van der Waals surface area (Å²) in [6, 6.07) is 0.649. The summed E-state index contributed by atoms with van der Waals surface area (Å²) >= 11 is 0. The molecule has 106 valence electrons. The molecule has 1 saturated carbocycles. The van der Waals surface area contributed by atoms with Gasteiger partial charge >= 0.3 is 0 Å². The van der Waals surface area contributed by atoms with Crippen molar-refractivity contribution in [1.29, 1.82) is 0 Å². The van der Waals surface area contributed by atoms with Crippen molar-refractivity contribution in [2.75, 3.05) is 19.6 Å². The Kier molecular flexibility index (Phi) is 4.21. The zero-order chi connectivity index (χ0) is 13.1. The Morgan fingerprint density at radius 1 is 1.11 bits per heavy atom. The number of amides is 1. The smallest absolute Gasteiger partial charge is 0.226 e. The van der Waals surface area contributed by atoms with Crippen molar-refractivity contribution in [3.63, 3.8) is 0 Å². The van der Waals surface area contributed by atoms with Gasteiger partial charge in [0.2, 0.25) is 5.91 Å².